The van der Waals surface area contributed by atoms with Crippen LogP contribution in [0.25, 0.3) is 6.08 Å². The molecule has 2 heterocycles. The molecule has 2 fully saturated rings. The van der Waals surface area contributed by atoms with Crippen molar-refractivity contribution in [2.24, 2.45) is 0 Å². The number of halogens is 2. The molecule has 0 N–H and O–H groups in total. The van der Waals surface area contributed by atoms with Crippen molar-refractivity contribution in [1.82, 2.24) is 9.80 Å². The second kappa shape index (κ2) is 8.35. The van der Waals surface area contributed by atoms with Crippen molar-refractivity contribution in [2.75, 3.05) is 39.4 Å². The second-order valence-corrected chi connectivity index (χ2v) is 7.48. The third-order valence-electron chi connectivity index (χ3n) is 4.08. The van der Waals surface area contributed by atoms with Crippen LogP contribution in [0.15, 0.2) is 23.1 Å². The summed E-state index contributed by atoms with van der Waals surface area (Å²) in [6.07, 6.45) is 2.24. The molecule has 0 radical (unpaired) electrons. The van der Waals surface area contributed by atoms with Crippen LogP contribution in [0.4, 0.5) is 8.78 Å². The van der Waals surface area contributed by atoms with Gasteiger partial charge in [-0.05, 0) is 24.6 Å². The average molecular weight is 384 g/mol. The van der Waals surface area contributed by atoms with Crippen LogP contribution in [-0.2, 0) is 9.53 Å². The van der Waals surface area contributed by atoms with Crippen molar-refractivity contribution in [1.29, 1.82) is 0 Å². The van der Waals surface area contributed by atoms with Gasteiger partial charge in [0.2, 0.25) is 0 Å². The zero-order valence-corrected chi connectivity index (χ0v) is 15.2. The highest BCUT2D eigenvalue weighted by atomic mass is 32.2. The molecular formula is C17H18F2N2O2S2. The predicted octanol–water partition coefficient (Wildman–Crippen LogP) is 2.89. The fourth-order valence-electron chi connectivity index (χ4n) is 2.73. The van der Waals surface area contributed by atoms with Crippen molar-refractivity contribution >= 4 is 40.3 Å². The third kappa shape index (κ3) is 4.63. The Kier molecular flexibility index (Phi) is 6.16. The largest absolute Gasteiger partial charge is 0.379 e. The van der Waals surface area contributed by atoms with Crippen LogP contribution >= 0.6 is 24.0 Å². The fraction of sp³-hybridized carbons (Fsp3) is 0.412. The van der Waals surface area contributed by atoms with E-state index < -0.39 is 11.6 Å². The lowest BCUT2D eigenvalue weighted by Crippen LogP contribution is -2.38. The van der Waals surface area contributed by atoms with Gasteiger partial charge in [-0.2, -0.15) is 0 Å². The molecule has 3 rings (SSSR count). The summed E-state index contributed by atoms with van der Waals surface area (Å²) in [6, 6.07) is 3.28. The maximum absolute atomic E-state index is 13.8. The second-order valence-electron chi connectivity index (χ2n) is 5.81. The number of morpholine rings is 1. The van der Waals surface area contributed by atoms with Gasteiger partial charge in [0, 0.05) is 37.8 Å². The molecule has 25 heavy (non-hydrogen) atoms. The molecule has 1 aromatic carbocycles. The lowest BCUT2D eigenvalue weighted by molar-refractivity contribution is -0.122. The number of ether oxygens (including phenoxy) is 1. The number of nitrogens with zero attached hydrogens (tertiary/aromatic N) is 2. The Morgan fingerprint density at radius 2 is 2.00 bits per heavy atom. The third-order valence-corrected chi connectivity index (χ3v) is 5.46. The van der Waals surface area contributed by atoms with E-state index in [0.717, 1.165) is 63.2 Å². The van der Waals surface area contributed by atoms with E-state index in [0.29, 0.717) is 15.8 Å². The number of benzene rings is 1. The summed E-state index contributed by atoms with van der Waals surface area (Å²) < 4.78 is 32.5. The molecule has 0 aliphatic carbocycles. The first-order valence-electron chi connectivity index (χ1n) is 8.05. The Bertz CT molecular complexity index is 706. The van der Waals surface area contributed by atoms with Crippen molar-refractivity contribution in [3.63, 3.8) is 0 Å². The molecule has 0 unspecified atom stereocenters. The highest BCUT2D eigenvalue weighted by molar-refractivity contribution is 8.26. The van der Waals surface area contributed by atoms with Gasteiger partial charge in [0.05, 0.1) is 18.1 Å². The van der Waals surface area contributed by atoms with E-state index in [1.54, 1.807) is 4.90 Å². The maximum Gasteiger partial charge on any atom is 0.266 e. The van der Waals surface area contributed by atoms with Crippen molar-refractivity contribution in [3.05, 3.63) is 40.3 Å². The van der Waals surface area contributed by atoms with Gasteiger partial charge in [0.1, 0.15) is 16.0 Å². The van der Waals surface area contributed by atoms with Crippen LogP contribution in [0, 0.1) is 11.6 Å². The topological polar surface area (TPSA) is 32.8 Å². The van der Waals surface area contributed by atoms with Crippen molar-refractivity contribution < 1.29 is 18.3 Å². The van der Waals surface area contributed by atoms with E-state index in [-0.39, 0.29) is 11.5 Å². The van der Waals surface area contributed by atoms with Gasteiger partial charge < -0.3 is 4.74 Å². The molecule has 2 saturated heterocycles. The van der Waals surface area contributed by atoms with Crippen molar-refractivity contribution in [3.8, 4) is 0 Å². The molecule has 134 valence electrons. The number of thiocarbonyl (C=S) groups is 1. The minimum atomic E-state index is -0.697. The lowest BCUT2D eigenvalue weighted by Gasteiger charge is -2.27. The van der Waals surface area contributed by atoms with Gasteiger partial charge >= 0.3 is 0 Å². The molecule has 0 atom stereocenters. The number of rotatable bonds is 5. The van der Waals surface area contributed by atoms with E-state index in [2.05, 4.69) is 4.90 Å². The van der Waals surface area contributed by atoms with E-state index >= 15 is 0 Å². The minimum Gasteiger partial charge on any atom is -0.379 e. The van der Waals surface area contributed by atoms with Crippen LogP contribution in [0.2, 0.25) is 0 Å². The smallest absolute Gasteiger partial charge is 0.266 e. The first kappa shape index (κ1) is 18.4. The predicted molar refractivity (Wildman–Crippen MR) is 98.1 cm³/mol. The molecular weight excluding hydrogens is 366 g/mol. The molecule has 1 aromatic rings. The Labute approximate surface area is 154 Å². The molecule has 0 saturated carbocycles. The van der Waals surface area contributed by atoms with Crippen LogP contribution < -0.4 is 0 Å². The summed E-state index contributed by atoms with van der Waals surface area (Å²) in [4.78, 5) is 16.7. The molecule has 1 amide bonds. The Morgan fingerprint density at radius 1 is 1.24 bits per heavy atom. The summed E-state index contributed by atoms with van der Waals surface area (Å²) in [7, 11) is 0. The number of carbonyl (C=O) groups excluding carboxylic acids is 1. The van der Waals surface area contributed by atoms with Gasteiger partial charge in [-0.3, -0.25) is 14.6 Å². The number of amides is 1. The summed E-state index contributed by atoms with van der Waals surface area (Å²) in [5, 5.41) is 0. The minimum absolute atomic E-state index is 0.176. The summed E-state index contributed by atoms with van der Waals surface area (Å²) >= 11 is 6.42. The number of hydrogen-bond acceptors (Lipinski definition) is 5. The summed E-state index contributed by atoms with van der Waals surface area (Å²) in [6.45, 7) is 4.71. The standard InChI is InChI=1S/C17H18F2N2O2S2/c18-13-3-2-12(14(19)11-13)10-15-16(22)21(17(24)25-15)5-1-4-20-6-8-23-9-7-20/h2-3,10-11H,1,4-9H2/b15-10+. The van der Waals surface area contributed by atoms with Gasteiger partial charge in [-0.15, -0.1) is 0 Å². The molecule has 0 spiro atoms. The van der Waals surface area contributed by atoms with E-state index in [1.165, 1.54) is 12.1 Å². The summed E-state index contributed by atoms with van der Waals surface area (Å²) in [5.41, 5.74) is 0.176. The quantitative estimate of drug-likeness (QED) is 0.576. The van der Waals surface area contributed by atoms with Crippen molar-refractivity contribution in [2.45, 2.75) is 6.42 Å². The average Bonchev–Trinajstić information content (AvgIpc) is 2.86. The molecule has 4 nitrogen and oxygen atoms in total. The SMILES string of the molecule is O=C1/C(=C\c2ccc(F)cc2F)SC(=S)N1CCCN1CCOCC1. The van der Waals surface area contributed by atoms with Gasteiger partial charge in [-0.1, -0.05) is 24.0 Å². The van der Waals surface area contributed by atoms with E-state index in [9.17, 15) is 13.6 Å². The maximum atomic E-state index is 13.8. The number of hydrogen-bond donors (Lipinski definition) is 0. The molecule has 0 aromatic heterocycles. The molecule has 2 aliphatic rings. The lowest BCUT2D eigenvalue weighted by atomic mass is 10.2. The Hall–Kier alpha value is -1.35. The van der Waals surface area contributed by atoms with Gasteiger partial charge in [-0.25, -0.2) is 8.78 Å². The van der Waals surface area contributed by atoms with E-state index in [4.69, 9.17) is 17.0 Å². The first-order valence-corrected chi connectivity index (χ1v) is 9.27. The summed E-state index contributed by atoms with van der Waals surface area (Å²) in [5.74, 6) is -1.57. The number of carbonyl (C=O) groups is 1. The zero-order valence-electron chi connectivity index (χ0n) is 13.5. The Morgan fingerprint density at radius 3 is 2.72 bits per heavy atom. The van der Waals surface area contributed by atoms with Crippen LogP contribution in [-0.4, -0.2) is 59.4 Å². The highest BCUT2D eigenvalue weighted by Gasteiger charge is 2.31. The molecule has 0 bridgehead atoms. The first-order chi connectivity index (χ1) is 12.0. The monoisotopic (exact) mass is 384 g/mol. The normalized spacial score (nSPS) is 20.7. The fourth-order valence-corrected chi connectivity index (χ4v) is 4.03. The molecule has 8 heteroatoms. The Balaban J connectivity index is 1.60. The van der Waals surface area contributed by atoms with Crippen LogP contribution in [0.1, 0.15) is 12.0 Å². The number of thioether (sulfide) groups is 1. The van der Waals surface area contributed by atoms with Crippen LogP contribution in [0.3, 0.4) is 0 Å². The van der Waals surface area contributed by atoms with Crippen LogP contribution in [0.5, 0.6) is 0 Å². The van der Waals surface area contributed by atoms with E-state index in [1.807, 2.05) is 0 Å². The van der Waals surface area contributed by atoms with Gasteiger partial charge in [0.15, 0.2) is 0 Å². The zero-order chi connectivity index (χ0) is 17.8. The highest BCUT2D eigenvalue weighted by Crippen LogP contribution is 2.33. The molecule has 2 aliphatic heterocycles. The van der Waals surface area contributed by atoms with Gasteiger partial charge in [0.25, 0.3) is 5.91 Å².